The van der Waals surface area contributed by atoms with E-state index in [1.807, 2.05) is 25.1 Å². The minimum atomic E-state index is -0.454. The lowest BCUT2D eigenvalue weighted by atomic mass is 9.99. The van der Waals surface area contributed by atoms with Gasteiger partial charge in [0.15, 0.2) is 0 Å². The predicted octanol–water partition coefficient (Wildman–Crippen LogP) is 2.99. The van der Waals surface area contributed by atoms with Gasteiger partial charge in [-0.05, 0) is 37.3 Å². The second kappa shape index (κ2) is 7.46. The van der Waals surface area contributed by atoms with E-state index in [-0.39, 0.29) is 11.8 Å². The molecule has 0 bridgehead atoms. The molecule has 1 aromatic carbocycles. The molecule has 1 aliphatic heterocycles. The number of benzene rings is 1. The lowest BCUT2D eigenvalue weighted by molar-refractivity contribution is -0.118. The Kier molecular flexibility index (Phi) is 5.62. The summed E-state index contributed by atoms with van der Waals surface area (Å²) in [6, 6.07) is 7.57. The number of nitrogens with one attached hydrogen (secondary N) is 1. The van der Waals surface area contributed by atoms with Crippen LogP contribution in [0.3, 0.4) is 0 Å². The van der Waals surface area contributed by atoms with Crippen LogP contribution in [0.2, 0.25) is 0 Å². The summed E-state index contributed by atoms with van der Waals surface area (Å²) in [5, 5.41) is 3.02. The first-order chi connectivity index (χ1) is 10.1. The number of nitrogens with zero attached hydrogens (tertiary/aromatic N) is 1. The van der Waals surface area contributed by atoms with Crippen LogP contribution in [0.25, 0.3) is 0 Å². The zero-order valence-corrected chi connectivity index (χ0v) is 13.1. The molecule has 21 heavy (non-hydrogen) atoms. The summed E-state index contributed by atoms with van der Waals surface area (Å²) < 4.78 is 0. The normalized spacial score (nSPS) is 18.1. The van der Waals surface area contributed by atoms with Gasteiger partial charge in [-0.2, -0.15) is 0 Å². The van der Waals surface area contributed by atoms with Crippen LogP contribution >= 0.6 is 0 Å². The van der Waals surface area contributed by atoms with Crippen molar-refractivity contribution in [1.82, 2.24) is 0 Å². The van der Waals surface area contributed by atoms with E-state index in [0.29, 0.717) is 0 Å². The Bertz CT molecular complexity index is 469. The van der Waals surface area contributed by atoms with Crippen molar-refractivity contribution in [2.45, 2.75) is 45.6 Å². The fourth-order valence-corrected chi connectivity index (χ4v) is 2.72. The van der Waals surface area contributed by atoms with Gasteiger partial charge in [0, 0.05) is 13.1 Å². The monoisotopic (exact) mass is 289 g/mol. The van der Waals surface area contributed by atoms with E-state index in [9.17, 15) is 4.79 Å². The highest BCUT2D eigenvalue weighted by Crippen LogP contribution is 2.28. The van der Waals surface area contributed by atoms with Gasteiger partial charge < -0.3 is 16.0 Å². The molecule has 2 rings (SSSR count). The van der Waals surface area contributed by atoms with E-state index < -0.39 is 6.04 Å². The Morgan fingerprint density at radius 2 is 1.95 bits per heavy atom. The molecule has 0 aliphatic carbocycles. The van der Waals surface area contributed by atoms with E-state index in [2.05, 4.69) is 23.2 Å². The van der Waals surface area contributed by atoms with Crippen LogP contribution in [0, 0.1) is 5.92 Å². The third-order valence-corrected chi connectivity index (χ3v) is 4.42. The molecule has 1 amide bonds. The third kappa shape index (κ3) is 3.97. The number of carbonyl (C=O) groups excluding carboxylic acids is 1. The number of para-hydroxylation sites is 2. The quantitative estimate of drug-likeness (QED) is 0.876. The maximum absolute atomic E-state index is 12.3. The van der Waals surface area contributed by atoms with Crippen molar-refractivity contribution >= 4 is 17.3 Å². The first kappa shape index (κ1) is 15.8. The molecule has 2 unspecified atom stereocenters. The van der Waals surface area contributed by atoms with Crippen LogP contribution in [-0.4, -0.2) is 25.0 Å². The molecule has 4 nitrogen and oxygen atoms in total. The van der Waals surface area contributed by atoms with Gasteiger partial charge in [0.1, 0.15) is 0 Å². The van der Waals surface area contributed by atoms with Gasteiger partial charge in [-0.1, -0.05) is 32.4 Å². The summed E-state index contributed by atoms with van der Waals surface area (Å²) in [4.78, 5) is 14.6. The summed E-state index contributed by atoms with van der Waals surface area (Å²) in [6.07, 6.45) is 4.63. The van der Waals surface area contributed by atoms with Gasteiger partial charge in [-0.25, -0.2) is 0 Å². The fourth-order valence-electron chi connectivity index (χ4n) is 2.72. The molecule has 0 radical (unpaired) electrons. The average molecular weight is 289 g/mol. The molecular weight excluding hydrogens is 262 g/mol. The number of anilines is 2. The SMILES string of the molecule is CCC(C)C(N)C(=O)Nc1ccccc1N1CCCCC1. The van der Waals surface area contributed by atoms with Crippen molar-refractivity contribution in [3.8, 4) is 0 Å². The van der Waals surface area contributed by atoms with Crippen molar-refractivity contribution in [2.75, 3.05) is 23.3 Å². The van der Waals surface area contributed by atoms with Crippen molar-refractivity contribution < 1.29 is 4.79 Å². The lowest BCUT2D eigenvalue weighted by Crippen LogP contribution is -2.41. The molecule has 1 heterocycles. The Morgan fingerprint density at radius 3 is 2.62 bits per heavy atom. The molecule has 0 spiro atoms. The van der Waals surface area contributed by atoms with Crippen LogP contribution in [0.5, 0.6) is 0 Å². The Labute approximate surface area is 127 Å². The number of carbonyl (C=O) groups is 1. The maximum Gasteiger partial charge on any atom is 0.241 e. The highest BCUT2D eigenvalue weighted by atomic mass is 16.2. The molecule has 0 saturated carbocycles. The Hall–Kier alpha value is -1.55. The number of hydrogen-bond acceptors (Lipinski definition) is 3. The Balaban J connectivity index is 2.11. The van der Waals surface area contributed by atoms with Crippen molar-refractivity contribution in [2.24, 2.45) is 11.7 Å². The molecule has 4 heteroatoms. The smallest absolute Gasteiger partial charge is 0.241 e. The zero-order valence-electron chi connectivity index (χ0n) is 13.1. The number of nitrogens with two attached hydrogens (primary N) is 1. The predicted molar refractivity (Wildman–Crippen MR) is 88.6 cm³/mol. The summed E-state index contributed by atoms with van der Waals surface area (Å²) >= 11 is 0. The van der Waals surface area contributed by atoms with Crippen LogP contribution in [0.4, 0.5) is 11.4 Å². The summed E-state index contributed by atoms with van der Waals surface area (Å²) in [7, 11) is 0. The molecule has 1 saturated heterocycles. The minimum absolute atomic E-state index is 0.0891. The Morgan fingerprint density at radius 1 is 1.29 bits per heavy atom. The molecule has 1 aromatic rings. The minimum Gasteiger partial charge on any atom is -0.370 e. The average Bonchev–Trinajstić information content (AvgIpc) is 2.54. The second-order valence-corrected chi connectivity index (χ2v) is 5.97. The number of rotatable bonds is 5. The van der Waals surface area contributed by atoms with E-state index in [1.165, 1.54) is 19.3 Å². The van der Waals surface area contributed by atoms with Crippen molar-refractivity contribution in [1.29, 1.82) is 0 Å². The standard InChI is InChI=1S/C17H27N3O/c1-3-13(2)16(18)17(21)19-14-9-5-6-10-15(14)20-11-7-4-8-12-20/h5-6,9-10,13,16H,3-4,7-8,11-12,18H2,1-2H3,(H,19,21). The first-order valence-electron chi connectivity index (χ1n) is 8.04. The molecular formula is C17H27N3O. The molecule has 116 valence electrons. The molecule has 0 aromatic heterocycles. The fraction of sp³-hybridized carbons (Fsp3) is 0.588. The second-order valence-electron chi connectivity index (χ2n) is 5.97. The number of hydrogen-bond donors (Lipinski definition) is 2. The van der Waals surface area contributed by atoms with Crippen molar-refractivity contribution in [3.05, 3.63) is 24.3 Å². The van der Waals surface area contributed by atoms with Gasteiger partial charge >= 0.3 is 0 Å². The van der Waals surface area contributed by atoms with E-state index in [0.717, 1.165) is 30.9 Å². The lowest BCUT2D eigenvalue weighted by Gasteiger charge is -2.31. The number of piperidine rings is 1. The van der Waals surface area contributed by atoms with E-state index in [4.69, 9.17) is 5.73 Å². The van der Waals surface area contributed by atoms with Gasteiger partial charge in [0.05, 0.1) is 17.4 Å². The van der Waals surface area contributed by atoms with Crippen LogP contribution in [0.15, 0.2) is 24.3 Å². The highest BCUT2D eigenvalue weighted by molar-refractivity contribution is 5.97. The number of amides is 1. The van der Waals surface area contributed by atoms with Gasteiger partial charge in [0.2, 0.25) is 5.91 Å². The first-order valence-corrected chi connectivity index (χ1v) is 8.04. The largest absolute Gasteiger partial charge is 0.370 e. The topological polar surface area (TPSA) is 58.4 Å². The van der Waals surface area contributed by atoms with Crippen LogP contribution in [-0.2, 0) is 4.79 Å². The summed E-state index contributed by atoms with van der Waals surface area (Å²) in [5.41, 5.74) is 8.01. The zero-order chi connectivity index (χ0) is 15.2. The van der Waals surface area contributed by atoms with Crippen molar-refractivity contribution in [3.63, 3.8) is 0 Å². The highest BCUT2D eigenvalue weighted by Gasteiger charge is 2.21. The van der Waals surface area contributed by atoms with Crippen LogP contribution < -0.4 is 16.0 Å². The third-order valence-electron chi connectivity index (χ3n) is 4.42. The molecule has 1 fully saturated rings. The van der Waals surface area contributed by atoms with E-state index >= 15 is 0 Å². The maximum atomic E-state index is 12.3. The van der Waals surface area contributed by atoms with E-state index in [1.54, 1.807) is 0 Å². The molecule has 3 N–H and O–H groups in total. The molecule has 1 aliphatic rings. The van der Waals surface area contributed by atoms with Gasteiger partial charge in [0.25, 0.3) is 0 Å². The van der Waals surface area contributed by atoms with Gasteiger partial charge in [-0.3, -0.25) is 4.79 Å². The van der Waals surface area contributed by atoms with Crippen LogP contribution in [0.1, 0.15) is 39.5 Å². The van der Waals surface area contributed by atoms with Gasteiger partial charge in [-0.15, -0.1) is 0 Å². The molecule has 2 atom stereocenters. The summed E-state index contributed by atoms with van der Waals surface area (Å²) in [6.45, 7) is 6.19. The summed E-state index contributed by atoms with van der Waals surface area (Å²) in [5.74, 6) is 0.0981.